The Balaban J connectivity index is 2.29. The Hall–Kier alpha value is -4.06. The number of esters is 1. The van der Waals surface area contributed by atoms with E-state index in [0.29, 0.717) is 42.2 Å². The molecule has 9 nitrogen and oxygen atoms in total. The molecule has 1 aromatic carbocycles. The molecule has 0 amide bonds. The van der Waals surface area contributed by atoms with Crippen molar-refractivity contribution in [3.8, 4) is 18.1 Å². The summed E-state index contributed by atoms with van der Waals surface area (Å²) in [4.78, 5) is 28.3. The summed E-state index contributed by atoms with van der Waals surface area (Å²) in [7, 11) is 2.69. The second kappa shape index (κ2) is 14.4. The summed E-state index contributed by atoms with van der Waals surface area (Å²) in [5.41, 5.74) is 5.86. The lowest BCUT2D eigenvalue weighted by Gasteiger charge is -2.22. The van der Waals surface area contributed by atoms with Crippen LogP contribution in [0.1, 0.15) is 46.1 Å². The molecule has 0 aromatic heterocycles. The fourth-order valence-corrected chi connectivity index (χ4v) is 3.45. The molecule has 0 N–H and O–H groups in total. The van der Waals surface area contributed by atoms with E-state index in [1.807, 2.05) is 26.0 Å². The van der Waals surface area contributed by atoms with Gasteiger partial charge in [-0.3, -0.25) is 0 Å². The molecule has 192 valence electrons. The summed E-state index contributed by atoms with van der Waals surface area (Å²) in [5, 5.41) is 12.4. The van der Waals surface area contributed by atoms with Gasteiger partial charge in [0.2, 0.25) is 0 Å². The van der Waals surface area contributed by atoms with Gasteiger partial charge in [-0.15, -0.1) is 6.42 Å². The highest BCUT2D eigenvalue weighted by molar-refractivity contribution is 6.47. The molecule has 0 heterocycles. The highest BCUT2D eigenvalue weighted by Crippen LogP contribution is 2.31. The summed E-state index contributed by atoms with van der Waals surface area (Å²) in [6.45, 7) is 8.43. The van der Waals surface area contributed by atoms with Gasteiger partial charge in [0.15, 0.2) is 5.71 Å². The van der Waals surface area contributed by atoms with Crippen LogP contribution in [0.5, 0.6) is 5.75 Å². The van der Waals surface area contributed by atoms with Crippen molar-refractivity contribution in [2.24, 2.45) is 15.5 Å². The van der Waals surface area contributed by atoms with Crippen LogP contribution in [-0.2, 0) is 24.0 Å². The van der Waals surface area contributed by atoms with Crippen molar-refractivity contribution in [1.82, 2.24) is 0 Å². The molecule has 2 rings (SSSR count). The number of hydrogen-bond donors (Lipinski definition) is 0. The topological polar surface area (TPSA) is 100 Å². The van der Waals surface area contributed by atoms with E-state index in [-0.39, 0.29) is 18.9 Å². The number of methoxy groups -OCH3 is 1. The van der Waals surface area contributed by atoms with E-state index in [9.17, 15) is 4.79 Å². The minimum atomic E-state index is -0.572. The predicted octanol–water partition coefficient (Wildman–Crippen LogP) is 4.43. The lowest BCUT2D eigenvalue weighted by molar-refractivity contribution is -0.132. The van der Waals surface area contributed by atoms with E-state index >= 15 is 0 Å². The van der Waals surface area contributed by atoms with Crippen molar-refractivity contribution in [3.05, 3.63) is 52.1 Å². The summed E-state index contributed by atoms with van der Waals surface area (Å²) >= 11 is 0. The Morgan fingerprint density at radius 1 is 1.00 bits per heavy atom. The van der Waals surface area contributed by atoms with Gasteiger partial charge in [-0.05, 0) is 75.9 Å². The first-order chi connectivity index (χ1) is 17.4. The van der Waals surface area contributed by atoms with Crippen molar-refractivity contribution in [2.45, 2.75) is 40.5 Å². The maximum absolute atomic E-state index is 12.3. The van der Waals surface area contributed by atoms with Crippen molar-refractivity contribution >= 4 is 23.1 Å². The zero-order valence-corrected chi connectivity index (χ0v) is 21.7. The van der Waals surface area contributed by atoms with Crippen LogP contribution in [0.25, 0.3) is 0 Å². The molecule has 0 aliphatic heterocycles. The van der Waals surface area contributed by atoms with Crippen LogP contribution in [0, 0.1) is 12.3 Å². The minimum absolute atomic E-state index is 0.122. The van der Waals surface area contributed by atoms with E-state index < -0.39 is 5.97 Å². The Kier molecular flexibility index (Phi) is 11.2. The monoisotopic (exact) mass is 495 g/mol. The van der Waals surface area contributed by atoms with E-state index in [0.717, 1.165) is 16.7 Å². The van der Waals surface area contributed by atoms with E-state index in [4.69, 9.17) is 30.4 Å². The highest BCUT2D eigenvalue weighted by Gasteiger charge is 2.26. The number of oxime groups is 3. The zero-order valence-electron chi connectivity index (χ0n) is 21.7. The van der Waals surface area contributed by atoms with Crippen LogP contribution >= 0.6 is 0 Å². The first-order valence-electron chi connectivity index (χ1n) is 11.5. The Bertz CT molecular complexity index is 1120. The molecule has 1 aromatic rings. The number of nitrogens with zero attached hydrogens (tertiary/aromatic N) is 3. The van der Waals surface area contributed by atoms with Gasteiger partial charge in [0, 0.05) is 5.56 Å². The van der Waals surface area contributed by atoms with Crippen molar-refractivity contribution < 1.29 is 28.8 Å². The Labute approximate surface area is 212 Å². The van der Waals surface area contributed by atoms with Crippen molar-refractivity contribution in [2.75, 3.05) is 34.0 Å². The van der Waals surface area contributed by atoms with Crippen LogP contribution in [0.4, 0.5) is 0 Å². The normalized spacial score (nSPS) is 14.9. The summed E-state index contributed by atoms with van der Waals surface area (Å²) in [6, 6.07) is 7.27. The zero-order chi connectivity index (χ0) is 26.5. The first kappa shape index (κ1) is 28.2. The number of hydrogen-bond acceptors (Lipinski definition) is 9. The maximum Gasteiger partial charge on any atom is 0.360 e. The van der Waals surface area contributed by atoms with Crippen LogP contribution < -0.4 is 4.74 Å². The van der Waals surface area contributed by atoms with Crippen LogP contribution in [0.2, 0.25) is 0 Å². The number of terminal acetylenes is 1. The second-order valence-electron chi connectivity index (χ2n) is 7.94. The maximum atomic E-state index is 12.3. The Morgan fingerprint density at radius 2 is 1.69 bits per heavy atom. The molecule has 0 radical (unpaired) electrons. The average molecular weight is 496 g/mol. The third kappa shape index (κ3) is 7.73. The molecule has 0 spiro atoms. The molecule has 0 atom stereocenters. The third-order valence-electron chi connectivity index (χ3n) is 5.44. The molecule has 0 saturated heterocycles. The number of carbonyl (C=O) groups excluding carboxylic acids is 1. The van der Waals surface area contributed by atoms with Gasteiger partial charge in [0.05, 0.1) is 7.11 Å². The van der Waals surface area contributed by atoms with Gasteiger partial charge in [0.1, 0.15) is 44.1 Å². The van der Waals surface area contributed by atoms with Gasteiger partial charge in [-0.1, -0.05) is 32.5 Å². The fraction of sp³-hybridized carbons (Fsp3) is 0.407. The quantitative estimate of drug-likeness (QED) is 0.140. The van der Waals surface area contributed by atoms with Crippen molar-refractivity contribution in [1.29, 1.82) is 0 Å². The molecule has 9 heteroatoms. The average Bonchev–Trinajstić information content (AvgIpc) is 2.88. The Morgan fingerprint density at radius 3 is 2.31 bits per heavy atom. The first-order valence-corrected chi connectivity index (χ1v) is 11.5. The van der Waals surface area contributed by atoms with Crippen LogP contribution in [0.15, 0.2) is 62.0 Å². The van der Waals surface area contributed by atoms with Crippen molar-refractivity contribution in [3.63, 3.8) is 0 Å². The smallest absolute Gasteiger partial charge is 0.360 e. The molecular formula is C27H33N3O6. The largest absolute Gasteiger partial charge is 0.481 e. The van der Waals surface area contributed by atoms with Crippen LogP contribution in [0.3, 0.4) is 0 Å². The molecule has 1 aliphatic carbocycles. The molecule has 1 aliphatic rings. The number of rotatable bonds is 12. The second-order valence-corrected chi connectivity index (χ2v) is 7.94. The highest BCUT2D eigenvalue weighted by atomic mass is 16.6. The summed E-state index contributed by atoms with van der Waals surface area (Å²) in [6.07, 6.45) is 6.40. The van der Waals surface area contributed by atoms with Gasteiger partial charge in [0.25, 0.3) is 0 Å². The number of carbonyl (C=O) groups is 1. The minimum Gasteiger partial charge on any atom is -0.481 e. The molecule has 0 unspecified atom stereocenters. The number of allylic oxidation sites excluding steroid dienone is 2. The molecule has 0 bridgehead atoms. The van der Waals surface area contributed by atoms with Gasteiger partial charge < -0.3 is 24.0 Å². The third-order valence-corrected chi connectivity index (χ3v) is 5.44. The lowest BCUT2D eigenvalue weighted by atomic mass is 9.85. The fourth-order valence-electron chi connectivity index (χ4n) is 3.45. The lowest BCUT2D eigenvalue weighted by Crippen LogP contribution is -2.23. The molecule has 0 fully saturated rings. The van der Waals surface area contributed by atoms with Gasteiger partial charge in [-0.25, -0.2) is 4.79 Å². The summed E-state index contributed by atoms with van der Waals surface area (Å²) < 4.78 is 10.3. The van der Waals surface area contributed by atoms with Gasteiger partial charge in [-0.2, -0.15) is 0 Å². The molecule has 36 heavy (non-hydrogen) atoms. The summed E-state index contributed by atoms with van der Waals surface area (Å²) in [5.74, 6) is 2.51. The SMILES string of the molecule is C#CCOc1ccc(C(=N\OCC)/C(C)=N/OCC2=C(/C(=N\OC)C(=O)OC)CC(C)=C(C)C2)cc1. The number of ether oxygens (including phenoxy) is 2. The van der Waals surface area contributed by atoms with Gasteiger partial charge >= 0.3 is 5.97 Å². The van der Waals surface area contributed by atoms with E-state index in [2.05, 4.69) is 28.3 Å². The van der Waals surface area contributed by atoms with Crippen LogP contribution in [-0.4, -0.2) is 57.1 Å². The van der Waals surface area contributed by atoms with E-state index in [1.54, 1.807) is 19.1 Å². The standard InChI is InChI=1S/C27H33N3O6/c1-8-14-34-23-12-10-21(11-13-23)25(30-35-9-2)20(5)28-36-17-22-15-18(3)19(4)16-24(22)26(29-33-7)27(31)32-6/h1,10-13H,9,14-17H2,2-7H3/b28-20+,29-26+,30-25-. The molecule has 0 saturated carbocycles. The molecular weight excluding hydrogens is 462 g/mol. The number of benzene rings is 1. The predicted molar refractivity (Wildman–Crippen MR) is 139 cm³/mol. The van der Waals surface area contributed by atoms with E-state index in [1.165, 1.54) is 19.8 Å².